The largest absolute Gasteiger partial charge is 0.508 e. The van der Waals surface area contributed by atoms with Crippen molar-refractivity contribution in [2.45, 2.75) is 55.6 Å². The average molecular weight is 482 g/mol. The number of fused-ring (bicyclic) bond motifs is 1. The number of carbonyl (C=O) groups excluding carboxylic acids is 1. The molecular formula is C27H32ClN3O3. The van der Waals surface area contributed by atoms with E-state index in [0.717, 1.165) is 37.4 Å². The Balaban J connectivity index is 1.32. The first-order chi connectivity index (χ1) is 16.4. The zero-order chi connectivity index (χ0) is 23.5. The Bertz CT molecular complexity index is 1100. The molecule has 2 saturated heterocycles. The molecule has 2 aromatic rings. The predicted octanol–water partition coefficient (Wildman–Crippen LogP) is 4.38. The maximum absolute atomic E-state index is 13.2. The van der Waals surface area contributed by atoms with Crippen LogP contribution in [0.1, 0.15) is 43.2 Å². The summed E-state index contributed by atoms with van der Waals surface area (Å²) in [4.78, 5) is 17.5. The molecule has 2 aliphatic heterocycles. The third-order valence-electron chi connectivity index (χ3n) is 8.81. The number of piperidine rings is 1. The minimum atomic E-state index is -0.934. The number of urea groups is 1. The van der Waals surface area contributed by atoms with E-state index in [2.05, 4.69) is 10.2 Å². The second-order valence-corrected chi connectivity index (χ2v) is 11.1. The monoisotopic (exact) mass is 481 g/mol. The van der Waals surface area contributed by atoms with Crippen LogP contribution in [0.25, 0.3) is 0 Å². The molecule has 2 heterocycles. The van der Waals surface area contributed by atoms with Crippen molar-refractivity contribution in [1.29, 1.82) is 0 Å². The van der Waals surface area contributed by atoms with Gasteiger partial charge in [0.1, 0.15) is 5.75 Å². The second kappa shape index (κ2) is 8.14. The second-order valence-electron chi connectivity index (χ2n) is 10.7. The van der Waals surface area contributed by atoms with Gasteiger partial charge in [-0.05, 0) is 98.5 Å². The van der Waals surface area contributed by atoms with Crippen LogP contribution in [0, 0.1) is 5.92 Å². The zero-order valence-electron chi connectivity index (χ0n) is 19.3. The molecule has 0 unspecified atom stereocenters. The Morgan fingerprint density at radius 2 is 1.79 bits per heavy atom. The van der Waals surface area contributed by atoms with Crippen LogP contribution < -0.4 is 5.32 Å². The SMILES string of the molecule is O=C(Nc1ccc(Cl)cc1)N1CC[C@]23CCN(CC4CC4)[C@H](Cc4ccc(O)cc42)[C@]3(O)CC1. The summed E-state index contributed by atoms with van der Waals surface area (Å²) in [5.74, 6) is 1.00. The molecule has 3 fully saturated rings. The number of anilines is 1. The number of nitrogens with zero attached hydrogens (tertiary/aromatic N) is 2. The van der Waals surface area contributed by atoms with Gasteiger partial charge in [0.15, 0.2) is 0 Å². The summed E-state index contributed by atoms with van der Waals surface area (Å²) in [7, 11) is 0. The van der Waals surface area contributed by atoms with Crippen LogP contribution in [-0.2, 0) is 11.8 Å². The van der Waals surface area contributed by atoms with Gasteiger partial charge >= 0.3 is 6.03 Å². The number of hydrogen-bond acceptors (Lipinski definition) is 4. The fourth-order valence-corrected chi connectivity index (χ4v) is 6.93. The highest BCUT2D eigenvalue weighted by atomic mass is 35.5. The summed E-state index contributed by atoms with van der Waals surface area (Å²) >= 11 is 5.98. The molecule has 1 saturated carbocycles. The molecule has 2 aromatic carbocycles. The van der Waals surface area contributed by atoms with Crippen molar-refractivity contribution in [3.8, 4) is 5.75 Å². The number of phenolic OH excluding ortho intramolecular Hbond substituents is 1. The highest BCUT2D eigenvalue weighted by Gasteiger charge is 2.63. The Kier molecular flexibility index (Phi) is 5.32. The lowest BCUT2D eigenvalue weighted by molar-refractivity contribution is -0.149. The summed E-state index contributed by atoms with van der Waals surface area (Å²) < 4.78 is 0. The van der Waals surface area contributed by atoms with Crippen LogP contribution in [0.15, 0.2) is 42.5 Å². The molecule has 2 amide bonds. The number of hydrogen-bond donors (Lipinski definition) is 3. The first-order valence-corrected chi connectivity index (χ1v) is 12.9. The van der Waals surface area contributed by atoms with E-state index in [-0.39, 0.29) is 17.8 Å². The predicted molar refractivity (Wildman–Crippen MR) is 132 cm³/mol. The number of aliphatic hydroxyl groups is 1. The van der Waals surface area contributed by atoms with Gasteiger partial charge in [0.2, 0.25) is 0 Å². The molecule has 34 heavy (non-hydrogen) atoms. The molecular weight excluding hydrogens is 450 g/mol. The minimum Gasteiger partial charge on any atom is -0.508 e. The van der Waals surface area contributed by atoms with Crippen LogP contribution in [0.3, 0.4) is 0 Å². The van der Waals surface area contributed by atoms with Crippen molar-refractivity contribution in [2.75, 3.05) is 31.5 Å². The third kappa shape index (κ3) is 3.58. The fraction of sp³-hybridized carbons (Fsp3) is 0.519. The average Bonchev–Trinajstić information content (AvgIpc) is 3.64. The van der Waals surface area contributed by atoms with Gasteiger partial charge in [0, 0.05) is 41.8 Å². The first kappa shape index (κ1) is 22.2. The third-order valence-corrected chi connectivity index (χ3v) is 9.06. The molecule has 2 aliphatic carbocycles. The summed E-state index contributed by atoms with van der Waals surface area (Å²) in [5.41, 5.74) is 1.62. The van der Waals surface area contributed by atoms with E-state index in [1.165, 1.54) is 18.4 Å². The summed E-state index contributed by atoms with van der Waals surface area (Å²) in [5, 5.41) is 26.5. The van der Waals surface area contributed by atoms with Crippen molar-refractivity contribution in [1.82, 2.24) is 9.80 Å². The number of aromatic hydroxyl groups is 1. The summed E-state index contributed by atoms with van der Waals surface area (Å²) in [6, 6.07) is 12.7. The summed E-state index contributed by atoms with van der Waals surface area (Å²) in [6.45, 7) is 3.07. The lowest BCUT2D eigenvalue weighted by atomic mass is 9.52. The molecule has 3 atom stereocenters. The Morgan fingerprint density at radius 1 is 1.06 bits per heavy atom. The molecule has 0 spiro atoms. The number of carbonyl (C=O) groups is 1. The van der Waals surface area contributed by atoms with Crippen molar-refractivity contribution in [3.05, 3.63) is 58.6 Å². The van der Waals surface area contributed by atoms with E-state index in [4.69, 9.17) is 11.6 Å². The minimum absolute atomic E-state index is 0.0400. The quantitative estimate of drug-likeness (QED) is 0.608. The van der Waals surface area contributed by atoms with Crippen LogP contribution >= 0.6 is 11.6 Å². The van der Waals surface area contributed by atoms with Gasteiger partial charge < -0.3 is 20.4 Å². The van der Waals surface area contributed by atoms with Crippen LogP contribution in [0.2, 0.25) is 5.02 Å². The smallest absolute Gasteiger partial charge is 0.321 e. The van der Waals surface area contributed by atoms with Gasteiger partial charge in [-0.1, -0.05) is 17.7 Å². The Morgan fingerprint density at radius 3 is 2.56 bits per heavy atom. The molecule has 3 N–H and O–H groups in total. The molecule has 2 bridgehead atoms. The van der Waals surface area contributed by atoms with E-state index in [9.17, 15) is 15.0 Å². The zero-order valence-corrected chi connectivity index (χ0v) is 20.1. The lowest BCUT2D eigenvalue weighted by Crippen LogP contribution is -2.71. The van der Waals surface area contributed by atoms with Gasteiger partial charge in [-0.3, -0.25) is 4.90 Å². The van der Waals surface area contributed by atoms with Crippen molar-refractivity contribution in [2.24, 2.45) is 5.92 Å². The molecule has 0 radical (unpaired) electrons. The number of rotatable bonds is 3. The van der Waals surface area contributed by atoms with Gasteiger partial charge in [-0.15, -0.1) is 0 Å². The standard InChI is InChI=1S/C27H32ClN3O3/c28-20-4-6-21(7-5-20)29-25(33)30-12-9-26-10-13-31(17-18-1-2-18)24(27(26,34)11-14-30)15-19-3-8-22(32)16-23(19)26/h3-8,16,18,24,32,34H,1-2,9-15,17H2,(H,29,33)/t24-,26+,27-/m1/s1. The van der Waals surface area contributed by atoms with Gasteiger partial charge in [0.05, 0.1) is 5.60 Å². The lowest BCUT2D eigenvalue weighted by Gasteiger charge is -2.61. The number of benzene rings is 2. The molecule has 7 heteroatoms. The molecule has 6 rings (SSSR count). The summed E-state index contributed by atoms with van der Waals surface area (Å²) in [6.07, 6.45) is 5.42. The molecule has 0 aromatic heterocycles. The highest BCUT2D eigenvalue weighted by molar-refractivity contribution is 6.30. The molecule has 4 aliphatic rings. The normalized spacial score (nSPS) is 30.8. The van der Waals surface area contributed by atoms with E-state index >= 15 is 0 Å². The van der Waals surface area contributed by atoms with E-state index < -0.39 is 11.0 Å². The number of halogens is 1. The van der Waals surface area contributed by atoms with Crippen LogP contribution in [-0.4, -0.2) is 63.9 Å². The van der Waals surface area contributed by atoms with Crippen LogP contribution in [0.4, 0.5) is 10.5 Å². The number of likely N-dealkylation sites (tertiary alicyclic amines) is 2. The van der Waals surface area contributed by atoms with Crippen molar-refractivity contribution >= 4 is 23.3 Å². The fourth-order valence-electron chi connectivity index (χ4n) is 6.80. The van der Waals surface area contributed by atoms with Gasteiger partial charge in [0.25, 0.3) is 0 Å². The number of phenols is 1. The topological polar surface area (TPSA) is 76.0 Å². The van der Waals surface area contributed by atoms with Gasteiger partial charge in [-0.2, -0.15) is 0 Å². The van der Waals surface area contributed by atoms with Crippen molar-refractivity contribution in [3.63, 3.8) is 0 Å². The highest BCUT2D eigenvalue weighted by Crippen LogP contribution is 2.56. The number of amides is 2. The Labute approximate surface area is 205 Å². The first-order valence-electron chi connectivity index (χ1n) is 12.5. The van der Waals surface area contributed by atoms with Gasteiger partial charge in [-0.25, -0.2) is 4.79 Å². The molecule has 180 valence electrons. The van der Waals surface area contributed by atoms with E-state index in [1.807, 2.05) is 17.0 Å². The van der Waals surface area contributed by atoms with E-state index in [1.54, 1.807) is 30.3 Å². The maximum atomic E-state index is 13.2. The number of nitrogens with one attached hydrogen (secondary N) is 1. The van der Waals surface area contributed by atoms with Crippen molar-refractivity contribution < 1.29 is 15.0 Å². The molecule has 6 nitrogen and oxygen atoms in total. The maximum Gasteiger partial charge on any atom is 0.321 e. The Hall–Kier alpha value is -2.28. The van der Waals surface area contributed by atoms with E-state index in [0.29, 0.717) is 36.6 Å². The van der Waals surface area contributed by atoms with Crippen LogP contribution in [0.5, 0.6) is 5.75 Å².